The molecule has 0 bridgehead atoms. The largest absolute Gasteiger partial charge is 0.491 e. The first-order valence-corrected chi connectivity index (χ1v) is 8.12. The maximum Gasteiger partial charge on any atom is 0.423 e. The van der Waals surface area contributed by atoms with E-state index in [1.165, 1.54) is 11.9 Å². The highest BCUT2D eigenvalue weighted by molar-refractivity contribution is 5.65. The van der Waals surface area contributed by atoms with Gasteiger partial charge in [-0.05, 0) is 18.6 Å². The Morgan fingerprint density at radius 3 is 2.32 bits per heavy atom. The lowest BCUT2D eigenvalue weighted by molar-refractivity contribution is -0.159. The first kappa shape index (κ1) is 21.6. The second-order valence-electron chi connectivity index (χ2n) is 5.67. The van der Waals surface area contributed by atoms with E-state index in [1.807, 2.05) is 6.92 Å². The zero-order valence-corrected chi connectivity index (χ0v) is 14.9. The molecule has 2 aromatic rings. The number of benzene rings is 1. The average Bonchev–Trinajstić information content (AvgIpc) is 2.62. The minimum absolute atomic E-state index is 0.280. The summed E-state index contributed by atoms with van der Waals surface area (Å²) >= 11 is 0. The normalized spacial score (nSPS) is 12.0. The zero-order chi connectivity index (χ0) is 20.9. The Bertz CT molecular complexity index is 795. The Balaban J connectivity index is 2.40. The van der Waals surface area contributed by atoms with Crippen LogP contribution >= 0.6 is 0 Å². The minimum Gasteiger partial charge on any atom is -0.491 e. The minimum atomic E-state index is -4.97. The molecule has 1 aromatic heterocycles. The van der Waals surface area contributed by atoms with E-state index >= 15 is 0 Å². The van der Waals surface area contributed by atoms with Gasteiger partial charge < -0.3 is 14.4 Å². The van der Waals surface area contributed by atoms with Crippen molar-refractivity contribution in [3.05, 3.63) is 36.0 Å². The molecule has 0 fully saturated rings. The van der Waals surface area contributed by atoms with Crippen molar-refractivity contribution >= 4 is 11.6 Å². The Labute approximate surface area is 156 Å². The van der Waals surface area contributed by atoms with Crippen LogP contribution in [0.15, 0.2) is 30.5 Å². The second-order valence-corrected chi connectivity index (χ2v) is 5.67. The highest BCUT2D eigenvalue weighted by atomic mass is 19.4. The molecule has 0 spiro atoms. The van der Waals surface area contributed by atoms with Crippen LogP contribution in [0.3, 0.4) is 0 Å². The second kappa shape index (κ2) is 8.53. The molecule has 2 rings (SSSR count). The summed E-state index contributed by atoms with van der Waals surface area (Å²) in [7, 11) is 1.45. The van der Waals surface area contributed by atoms with Crippen molar-refractivity contribution in [3.63, 3.8) is 0 Å². The quantitative estimate of drug-likeness (QED) is 0.603. The van der Waals surface area contributed by atoms with Gasteiger partial charge in [-0.1, -0.05) is 19.1 Å². The van der Waals surface area contributed by atoms with Crippen LogP contribution in [-0.2, 0) is 6.18 Å². The molecule has 0 N–H and O–H groups in total. The van der Waals surface area contributed by atoms with E-state index < -0.39 is 30.4 Å². The monoisotopic (exact) mass is 409 g/mol. The van der Waals surface area contributed by atoms with E-state index in [4.69, 9.17) is 4.74 Å². The first-order chi connectivity index (χ1) is 13.0. The molecule has 0 aliphatic rings. The molecule has 11 heteroatoms. The van der Waals surface area contributed by atoms with Crippen LogP contribution in [0, 0.1) is 0 Å². The SMILES string of the molecule is CCCOc1ccccc1N(C)c1ncc(C(F)(F)F)c(OCC(F)(F)F)n1. The van der Waals surface area contributed by atoms with E-state index in [1.54, 1.807) is 24.3 Å². The number of anilines is 2. The van der Waals surface area contributed by atoms with E-state index in [-0.39, 0.29) is 5.95 Å². The average molecular weight is 409 g/mol. The van der Waals surface area contributed by atoms with E-state index in [9.17, 15) is 26.3 Å². The Morgan fingerprint density at radius 2 is 1.71 bits per heavy atom. The Kier molecular flexibility index (Phi) is 6.57. The van der Waals surface area contributed by atoms with Gasteiger partial charge in [0, 0.05) is 13.2 Å². The molecular weight excluding hydrogens is 392 g/mol. The van der Waals surface area contributed by atoms with E-state index in [0.717, 1.165) is 6.42 Å². The van der Waals surface area contributed by atoms with Crippen LogP contribution < -0.4 is 14.4 Å². The molecule has 0 saturated carbocycles. The third-order valence-corrected chi connectivity index (χ3v) is 3.41. The molecule has 0 aliphatic carbocycles. The summed E-state index contributed by atoms with van der Waals surface area (Å²) in [6.45, 7) is 0.390. The summed E-state index contributed by atoms with van der Waals surface area (Å²) in [4.78, 5) is 8.48. The Morgan fingerprint density at radius 1 is 1.04 bits per heavy atom. The zero-order valence-electron chi connectivity index (χ0n) is 14.9. The maximum atomic E-state index is 13.1. The molecule has 1 aromatic carbocycles. The molecule has 0 aliphatic heterocycles. The van der Waals surface area contributed by atoms with Gasteiger partial charge in [0.2, 0.25) is 11.8 Å². The third-order valence-electron chi connectivity index (χ3n) is 3.41. The standard InChI is InChI=1S/C17H17F6N3O2/c1-3-8-27-13-7-5-4-6-12(13)26(2)15-24-9-11(17(21,22)23)14(25-15)28-10-16(18,19)20/h4-7,9H,3,8,10H2,1-2H3. The van der Waals surface area contributed by atoms with Gasteiger partial charge in [0.15, 0.2) is 6.61 Å². The first-order valence-electron chi connectivity index (χ1n) is 8.12. The number of halogens is 6. The van der Waals surface area contributed by atoms with Crippen molar-refractivity contribution in [1.29, 1.82) is 0 Å². The Hall–Kier alpha value is -2.72. The number of ether oxygens (including phenoxy) is 2. The van der Waals surface area contributed by atoms with E-state index in [0.29, 0.717) is 24.2 Å². The summed E-state index contributed by atoms with van der Waals surface area (Å²) < 4.78 is 86.2. The highest BCUT2D eigenvalue weighted by Gasteiger charge is 2.38. The molecule has 0 radical (unpaired) electrons. The summed E-state index contributed by atoms with van der Waals surface area (Å²) in [5, 5.41) is 0. The van der Waals surface area contributed by atoms with Gasteiger partial charge in [0.05, 0.1) is 12.3 Å². The van der Waals surface area contributed by atoms with Crippen molar-refractivity contribution in [1.82, 2.24) is 9.97 Å². The number of aromatic nitrogens is 2. The van der Waals surface area contributed by atoms with Crippen LogP contribution in [-0.4, -0.2) is 36.4 Å². The number of alkyl halides is 6. The van der Waals surface area contributed by atoms with Gasteiger partial charge in [0.25, 0.3) is 0 Å². The topological polar surface area (TPSA) is 47.5 Å². The predicted molar refractivity (Wildman–Crippen MR) is 88.9 cm³/mol. The van der Waals surface area contributed by atoms with Crippen LogP contribution in [0.1, 0.15) is 18.9 Å². The van der Waals surface area contributed by atoms with Gasteiger partial charge in [-0.25, -0.2) is 4.98 Å². The molecule has 0 unspecified atom stereocenters. The number of para-hydroxylation sites is 2. The molecular formula is C17H17F6N3O2. The summed E-state index contributed by atoms with van der Waals surface area (Å²) in [6.07, 6.45) is -8.68. The molecule has 154 valence electrons. The van der Waals surface area contributed by atoms with Gasteiger partial charge >= 0.3 is 12.4 Å². The van der Waals surface area contributed by atoms with Crippen molar-refractivity contribution < 1.29 is 35.8 Å². The van der Waals surface area contributed by atoms with Crippen LogP contribution in [0.25, 0.3) is 0 Å². The number of hydrogen-bond donors (Lipinski definition) is 0. The van der Waals surface area contributed by atoms with Crippen molar-refractivity contribution in [2.45, 2.75) is 25.7 Å². The predicted octanol–water partition coefficient (Wildman–Crippen LogP) is 4.99. The van der Waals surface area contributed by atoms with Gasteiger partial charge in [0.1, 0.15) is 11.3 Å². The fourth-order valence-electron chi connectivity index (χ4n) is 2.15. The molecule has 0 amide bonds. The fourth-order valence-corrected chi connectivity index (χ4v) is 2.15. The number of hydrogen-bond acceptors (Lipinski definition) is 5. The van der Waals surface area contributed by atoms with Crippen LogP contribution in [0.5, 0.6) is 11.6 Å². The fraction of sp³-hybridized carbons (Fsp3) is 0.412. The van der Waals surface area contributed by atoms with Crippen LogP contribution in [0.4, 0.5) is 38.0 Å². The highest BCUT2D eigenvalue weighted by Crippen LogP contribution is 2.37. The van der Waals surface area contributed by atoms with Crippen molar-refractivity contribution in [3.8, 4) is 11.6 Å². The summed E-state index contributed by atoms with van der Waals surface area (Å²) in [5.74, 6) is -1.06. The molecule has 0 saturated heterocycles. The summed E-state index contributed by atoms with van der Waals surface area (Å²) in [6, 6.07) is 6.62. The lowest BCUT2D eigenvalue weighted by Crippen LogP contribution is -2.23. The molecule has 1 heterocycles. The molecule has 5 nitrogen and oxygen atoms in total. The number of rotatable bonds is 7. The summed E-state index contributed by atoms with van der Waals surface area (Å²) in [5.41, 5.74) is -1.07. The van der Waals surface area contributed by atoms with Gasteiger partial charge in [-0.15, -0.1) is 0 Å². The smallest absolute Gasteiger partial charge is 0.423 e. The number of nitrogens with zero attached hydrogens (tertiary/aromatic N) is 3. The van der Waals surface area contributed by atoms with E-state index in [2.05, 4.69) is 14.7 Å². The van der Waals surface area contributed by atoms with Gasteiger partial charge in [-0.2, -0.15) is 31.3 Å². The lowest BCUT2D eigenvalue weighted by Gasteiger charge is -2.22. The van der Waals surface area contributed by atoms with Crippen molar-refractivity contribution in [2.75, 3.05) is 25.2 Å². The molecule has 28 heavy (non-hydrogen) atoms. The molecule has 0 atom stereocenters. The van der Waals surface area contributed by atoms with Gasteiger partial charge in [-0.3, -0.25) is 0 Å². The third kappa shape index (κ3) is 5.64. The van der Waals surface area contributed by atoms with Crippen molar-refractivity contribution in [2.24, 2.45) is 0 Å². The lowest BCUT2D eigenvalue weighted by atomic mass is 10.2. The van der Waals surface area contributed by atoms with Crippen LogP contribution in [0.2, 0.25) is 0 Å². The maximum absolute atomic E-state index is 13.1.